The third-order valence-corrected chi connectivity index (χ3v) is 2.76. The van der Waals surface area contributed by atoms with Crippen LogP contribution in [0.2, 0.25) is 0 Å². The average molecular weight is 265 g/mol. The number of nitrogens with one attached hydrogen (secondary N) is 1. The second kappa shape index (κ2) is 4.84. The van der Waals surface area contributed by atoms with Crippen molar-refractivity contribution >= 4 is 23.3 Å². The van der Waals surface area contributed by atoms with E-state index in [1.54, 1.807) is 0 Å². The number of pyridine rings is 1. The molecule has 2 aromatic heterocycles. The maximum Gasteiger partial charge on any atom is 0.311 e. The van der Waals surface area contributed by atoms with E-state index in [0.717, 1.165) is 11.8 Å². The van der Waals surface area contributed by atoms with Gasteiger partial charge in [0.25, 0.3) is 5.56 Å². The van der Waals surface area contributed by atoms with Gasteiger partial charge >= 0.3 is 5.69 Å². The molecule has 0 aliphatic carbocycles. The summed E-state index contributed by atoms with van der Waals surface area (Å²) in [7, 11) is 0. The van der Waals surface area contributed by atoms with Gasteiger partial charge in [-0.25, -0.2) is 9.97 Å². The highest BCUT2D eigenvalue weighted by Gasteiger charge is 2.13. The van der Waals surface area contributed by atoms with Gasteiger partial charge in [-0.1, -0.05) is 0 Å². The molecule has 0 saturated carbocycles. The maximum absolute atomic E-state index is 11.0. The van der Waals surface area contributed by atoms with Crippen LogP contribution in [0.1, 0.15) is 0 Å². The van der Waals surface area contributed by atoms with Gasteiger partial charge in [-0.05, 0) is 17.8 Å². The number of aromatic amines is 1. The van der Waals surface area contributed by atoms with Gasteiger partial charge in [0.2, 0.25) is 5.82 Å². The molecule has 0 saturated heterocycles. The van der Waals surface area contributed by atoms with Crippen LogP contribution in [0, 0.1) is 10.1 Å². The fourth-order valence-corrected chi connectivity index (χ4v) is 1.91. The Labute approximate surface area is 104 Å². The van der Waals surface area contributed by atoms with E-state index in [4.69, 9.17) is 5.73 Å². The van der Waals surface area contributed by atoms with E-state index in [0.29, 0.717) is 10.2 Å². The Hall–Kier alpha value is -2.42. The lowest BCUT2D eigenvalue weighted by Crippen LogP contribution is -2.05. The monoisotopic (exact) mass is 265 g/mol. The molecule has 9 heteroatoms. The third-order valence-electron chi connectivity index (χ3n) is 1.92. The van der Waals surface area contributed by atoms with E-state index in [9.17, 15) is 14.9 Å². The Morgan fingerprint density at radius 1 is 1.39 bits per heavy atom. The Morgan fingerprint density at radius 2 is 2.17 bits per heavy atom. The highest BCUT2D eigenvalue weighted by atomic mass is 32.2. The van der Waals surface area contributed by atoms with Crippen molar-refractivity contribution in [1.82, 2.24) is 15.0 Å². The van der Waals surface area contributed by atoms with Crippen LogP contribution in [-0.2, 0) is 0 Å². The first kappa shape index (κ1) is 12.0. The van der Waals surface area contributed by atoms with Gasteiger partial charge in [0, 0.05) is 18.3 Å². The number of nitrogens with zero attached hydrogens (tertiary/aromatic N) is 3. The van der Waals surface area contributed by atoms with Crippen molar-refractivity contribution in [2.45, 2.75) is 10.2 Å². The Morgan fingerprint density at radius 3 is 2.78 bits per heavy atom. The molecule has 2 aromatic rings. The normalized spacial score (nSPS) is 10.2. The lowest BCUT2D eigenvalue weighted by atomic mass is 10.4. The van der Waals surface area contributed by atoms with Crippen LogP contribution in [0.3, 0.4) is 0 Å². The number of anilines is 1. The topological polar surface area (TPSA) is 128 Å². The average Bonchev–Trinajstić information content (AvgIpc) is 2.28. The summed E-state index contributed by atoms with van der Waals surface area (Å²) in [5, 5.41) is 11.3. The highest BCUT2D eigenvalue weighted by molar-refractivity contribution is 7.99. The van der Waals surface area contributed by atoms with Gasteiger partial charge in [0.15, 0.2) is 5.16 Å². The van der Waals surface area contributed by atoms with Gasteiger partial charge in [0.1, 0.15) is 5.03 Å². The van der Waals surface area contributed by atoms with Gasteiger partial charge in [-0.15, -0.1) is 0 Å². The molecular weight excluding hydrogens is 258 g/mol. The third kappa shape index (κ3) is 2.63. The summed E-state index contributed by atoms with van der Waals surface area (Å²) in [4.78, 5) is 31.3. The number of hydrogen-bond donors (Lipinski definition) is 2. The lowest BCUT2D eigenvalue weighted by Gasteiger charge is -2.01. The van der Waals surface area contributed by atoms with E-state index >= 15 is 0 Å². The second-order valence-electron chi connectivity index (χ2n) is 3.15. The van der Waals surface area contributed by atoms with E-state index in [1.807, 2.05) is 0 Å². The molecule has 0 spiro atoms. The van der Waals surface area contributed by atoms with E-state index in [-0.39, 0.29) is 17.1 Å². The molecule has 3 N–H and O–H groups in total. The Kier molecular flexibility index (Phi) is 3.24. The standard InChI is InChI=1S/C9H7N5O3S/c10-8-5(14(16)17)1-2-7(13-8)18-9-11-4-3-6(15)12-9/h1-4H,(H2,10,13)(H,11,12,15). The number of hydrogen-bond acceptors (Lipinski definition) is 7. The lowest BCUT2D eigenvalue weighted by molar-refractivity contribution is -0.384. The quantitative estimate of drug-likeness (QED) is 0.477. The number of aromatic nitrogens is 3. The smallest absolute Gasteiger partial charge is 0.311 e. The number of nitrogens with two attached hydrogens (primary N) is 1. The molecule has 0 radical (unpaired) electrons. The summed E-state index contributed by atoms with van der Waals surface area (Å²) in [5.41, 5.74) is 4.90. The summed E-state index contributed by atoms with van der Waals surface area (Å²) in [5.74, 6) is -0.178. The van der Waals surface area contributed by atoms with Gasteiger partial charge < -0.3 is 10.7 Å². The molecule has 0 aliphatic rings. The zero-order valence-corrected chi connectivity index (χ0v) is 9.68. The summed E-state index contributed by atoms with van der Waals surface area (Å²) in [6.45, 7) is 0. The van der Waals surface area contributed by atoms with E-state index < -0.39 is 4.92 Å². The molecule has 0 aromatic carbocycles. The van der Waals surface area contributed by atoms with Crippen LogP contribution in [0.15, 0.2) is 39.4 Å². The van der Waals surface area contributed by atoms with Crippen LogP contribution in [0.5, 0.6) is 0 Å². The Bertz CT molecular complexity index is 657. The predicted octanol–water partition coefficient (Wildman–Crippen LogP) is 0.806. The molecule has 18 heavy (non-hydrogen) atoms. The summed E-state index contributed by atoms with van der Waals surface area (Å²) >= 11 is 1.06. The molecule has 0 bridgehead atoms. The summed E-state index contributed by atoms with van der Waals surface area (Å²) in [6.07, 6.45) is 1.36. The van der Waals surface area contributed by atoms with Crippen molar-refractivity contribution < 1.29 is 4.92 Å². The summed E-state index contributed by atoms with van der Waals surface area (Å²) < 4.78 is 0. The highest BCUT2D eigenvalue weighted by Crippen LogP contribution is 2.26. The minimum absolute atomic E-state index is 0.178. The molecular formula is C9H7N5O3S. The molecule has 0 amide bonds. The van der Waals surface area contributed by atoms with Crippen molar-refractivity contribution in [3.63, 3.8) is 0 Å². The molecule has 0 unspecified atom stereocenters. The number of rotatable bonds is 3. The maximum atomic E-state index is 11.0. The van der Waals surface area contributed by atoms with Gasteiger partial charge in [-0.2, -0.15) is 0 Å². The first-order valence-corrected chi connectivity index (χ1v) is 5.52. The van der Waals surface area contributed by atoms with E-state index in [2.05, 4.69) is 15.0 Å². The van der Waals surface area contributed by atoms with Crippen molar-refractivity contribution in [1.29, 1.82) is 0 Å². The predicted molar refractivity (Wildman–Crippen MR) is 64.3 cm³/mol. The summed E-state index contributed by atoms with van der Waals surface area (Å²) in [6, 6.07) is 3.97. The zero-order valence-electron chi connectivity index (χ0n) is 8.86. The van der Waals surface area contributed by atoms with Gasteiger partial charge in [-0.3, -0.25) is 14.9 Å². The fraction of sp³-hybridized carbons (Fsp3) is 0. The second-order valence-corrected chi connectivity index (χ2v) is 4.16. The van der Waals surface area contributed by atoms with Crippen molar-refractivity contribution in [3.8, 4) is 0 Å². The number of nitrogen functional groups attached to an aromatic ring is 1. The molecule has 0 atom stereocenters. The van der Waals surface area contributed by atoms with Crippen molar-refractivity contribution in [2.75, 3.05) is 5.73 Å². The van der Waals surface area contributed by atoms with Crippen LogP contribution in [0.4, 0.5) is 11.5 Å². The first-order valence-electron chi connectivity index (χ1n) is 4.70. The van der Waals surface area contributed by atoms with Crippen LogP contribution < -0.4 is 11.3 Å². The molecule has 2 heterocycles. The van der Waals surface area contributed by atoms with E-state index in [1.165, 1.54) is 24.4 Å². The molecule has 92 valence electrons. The van der Waals surface area contributed by atoms with Crippen LogP contribution in [-0.4, -0.2) is 19.9 Å². The van der Waals surface area contributed by atoms with Crippen molar-refractivity contribution in [3.05, 3.63) is 44.9 Å². The minimum Gasteiger partial charge on any atom is -0.378 e. The van der Waals surface area contributed by atoms with Crippen LogP contribution >= 0.6 is 11.8 Å². The number of H-pyrrole nitrogens is 1. The molecule has 8 nitrogen and oxygen atoms in total. The minimum atomic E-state index is -0.612. The Balaban J connectivity index is 2.28. The number of nitro groups is 1. The molecule has 0 fully saturated rings. The zero-order chi connectivity index (χ0) is 13.1. The fourth-order valence-electron chi connectivity index (χ4n) is 1.16. The van der Waals surface area contributed by atoms with Gasteiger partial charge in [0.05, 0.1) is 4.92 Å². The molecule has 2 rings (SSSR count). The SMILES string of the molecule is Nc1nc(Sc2nccc(=O)[nH]2)ccc1[N+](=O)[O-]. The first-order chi connectivity index (χ1) is 8.56. The van der Waals surface area contributed by atoms with Crippen LogP contribution in [0.25, 0.3) is 0 Å². The van der Waals surface area contributed by atoms with Crippen molar-refractivity contribution in [2.24, 2.45) is 0 Å². The molecule has 0 aliphatic heterocycles. The largest absolute Gasteiger partial charge is 0.378 e.